The highest BCUT2D eigenvalue weighted by Crippen LogP contribution is 2.53. The Hall–Kier alpha value is -3.68. The van der Waals surface area contributed by atoms with E-state index in [-0.39, 0.29) is 18.0 Å². The Kier molecular flexibility index (Phi) is 4.69. The standard InChI is InChI=1S/C23H24N6O2/c1-13-3-5-17(28-25-8-7-24)16(9-13)23(30)29-20-10-14(20)11-21(29)22-26-18-6-4-15(31-2)12-19(18)27-22/h3-9,12,14,20-21,24,28H,10-11H2,1-2H3,(H,26,27)/b24-7?,25-8-/t14-,20?,21+/m1/s1. The van der Waals surface area contributed by atoms with E-state index in [4.69, 9.17) is 15.1 Å². The number of hydrazone groups is 1. The minimum atomic E-state index is -0.0897. The molecular weight excluding hydrogens is 392 g/mol. The van der Waals surface area contributed by atoms with Gasteiger partial charge in [0.05, 0.1) is 41.7 Å². The number of aromatic nitrogens is 2. The van der Waals surface area contributed by atoms with E-state index in [1.165, 1.54) is 6.21 Å². The topological polar surface area (TPSA) is 106 Å². The lowest BCUT2D eigenvalue weighted by Gasteiger charge is -2.27. The van der Waals surface area contributed by atoms with Gasteiger partial charge in [0.1, 0.15) is 11.6 Å². The van der Waals surface area contributed by atoms with Crippen molar-refractivity contribution in [1.82, 2.24) is 14.9 Å². The minimum Gasteiger partial charge on any atom is -0.497 e. The summed E-state index contributed by atoms with van der Waals surface area (Å²) in [6, 6.07) is 11.6. The van der Waals surface area contributed by atoms with Gasteiger partial charge in [-0.25, -0.2) is 4.98 Å². The summed E-state index contributed by atoms with van der Waals surface area (Å²) in [5.41, 5.74) is 6.88. The predicted octanol–water partition coefficient (Wildman–Crippen LogP) is 3.90. The summed E-state index contributed by atoms with van der Waals surface area (Å²) in [6.45, 7) is 1.97. The molecule has 2 heterocycles. The normalized spacial score (nSPS) is 22.0. The molecule has 31 heavy (non-hydrogen) atoms. The zero-order valence-electron chi connectivity index (χ0n) is 17.4. The molecule has 1 aromatic heterocycles. The largest absolute Gasteiger partial charge is 0.497 e. The number of methoxy groups -OCH3 is 1. The van der Waals surface area contributed by atoms with Crippen LogP contribution in [0.1, 0.15) is 40.6 Å². The second-order valence-corrected chi connectivity index (χ2v) is 8.14. The fourth-order valence-corrected chi connectivity index (χ4v) is 4.50. The van der Waals surface area contributed by atoms with Crippen molar-refractivity contribution >= 4 is 35.1 Å². The molecule has 0 radical (unpaired) electrons. The van der Waals surface area contributed by atoms with Gasteiger partial charge in [0.25, 0.3) is 5.91 Å². The van der Waals surface area contributed by atoms with Gasteiger partial charge in [-0.05, 0) is 49.9 Å². The van der Waals surface area contributed by atoms with E-state index in [9.17, 15) is 4.79 Å². The van der Waals surface area contributed by atoms with E-state index in [0.717, 1.165) is 47.2 Å². The van der Waals surface area contributed by atoms with Crippen LogP contribution in [0.25, 0.3) is 11.0 Å². The predicted molar refractivity (Wildman–Crippen MR) is 120 cm³/mol. The summed E-state index contributed by atoms with van der Waals surface area (Å²) in [7, 11) is 1.64. The van der Waals surface area contributed by atoms with Gasteiger partial charge in [-0.1, -0.05) is 11.6 Å². The highest BCUT2D eigenvalue weighted by Gasteiger charge is 2.55. The summed E-state index contributed by atoms with van der Waals surface area (Å²) < 4.78 is 5.32. The number of benzene rings is 2. The number of imidazole rings is 1. The van der Waals surface area contributed by atoms with Crippen molar-refractivity contribution in [1.29, 1.82) is 5.41 Å². The maximum absolute atomic E-state index is 13.7. The number of likely N-dealkylation sites (tertiary alicyclic amines) is 1. The third kappa shape index (κ3) is 3.43. The van der Waals surface area contributed by atoms with E-state index in [1.807, 2.05) is 48.2 Å². The summed E-state index contributed by atoms with van der Waals surface area (Å²) in [5.74, 6) is 2.08. The third-order valence-corrected chi connectivity index (χ3v) is 6.10. The molecule has 3 N–H and O–H groups in total. The van der Waals surface area contributed by atoms with Crippen molar-refractivity contribution in [3.63, 3.8) is 0 Å². The maximum atomic E-state index is 13.7. The molecule has 0 bridgehead atoms. The number of aryl methyl sites for hydroxylation is 1. The van der Waals surface area contributed by atoms with Gasteiger partial charge in [-0.3, -0.25) is 10.2 Å². The first kappa shape index (κ1) is 19.3. The van der Waals surface area contributed by atoms with Crippen molar-refractivity contribution in [3.8, 4) is 5.75 Å². The molecule has 1 unspecified atom stereocenters. The Morgan fingerprint density at radius 1 is 1.32 bits per heavy atom. The van der Waals surface area contributed by atoms with Crippen molar-refractivity contribution in [3.05, 3.63) is 53.3 Å². The number of H-pyrrole nitrogens is 1. The summed E-state index contributed by atoms with van der Waals surface area (Å²) in [5, 5.41) is 11.1. The molecule has 1 aliphatic heterocycles. The Morgan fingerprint density at radius 2 is 2.19 bits per heavy atom. The Labute approximate surface area is 179 Å². The zero-order valence-corrected chi connectivity index (χ0v) is 17.4. The van der Waals surface area contributed by atoms with Gasteiger partial charge >= 0.3 is 0 Å². The van der Waals surface area contributed by atoms with Crippen LogP contribution in [0.4, 0.5) is 5.69 Å². The van der Waals surface area contributed by atoms with Crippen molar-refractivity contribution in [2.45, 2.75) is 31.8 Å². The number of hydrogen-bond donors (Lipinski definition) is 3. The average molecular weight is 416 g/mol. The summed E-state index contributed by atoms with van der Waals surface area (Å²) in [6.07, 6.45) is 4.38. The lowest BCUT2D eigenvalue weighted by molar-refractivity contribution is 0.0693. The van der Waals surface area contributed by atoms with Crippen molar-refractivity contribution in [2.75, 3.05) is 12.5 Å². The molecular formula is C23H24N6O2. The number of carbonyl (C=O) groups is 1. The molecule has 3 aromatic rings. The highest BCUT2D eigenvalue weighted by atomic mass is 16.5. The third-order valence-electron chi connectivity index (χ3n) is 6.10. The lowest BCUT2D eigenvalue weighted by Crippen LogP contribution is -2.34. The van der Waals surface area contributed by atoms with Crippen LogP contribution in [0.15, 0.2) is 41.5 Å². The van der Waals surface area contributed by atoms with E-state index >= 15 is 0 Å². The maximum Gasteiger partial charge on any atom is 0.256 e. The van der Waals surface area contributed by atoms with Gasteiger partial charge in [0.15, 0.2) is 0 Å². The van der Waals surface area contributed by atoms with Crippen LogP contribution in [0.2, 0.25) is 0 Å². The van der Waals surface area contributed by atoms with Crippen LogP contribution in [0, 0.1) is 18.3 Å². The number of nitrogens with zero attached hydrogens (tertiary/aromatic N) is 3. The van der Waals surface area contributed by atoms with Crippen LogP contribution in [-0.4, -0.2) is 46.4 Å². The minimum absolute atomic E-state index is 0.0238. The van der Waals surface area contributed by atoms with Gasteiger partial charge in [0, 0.05) is 18.3 Å². The van der Waals surface area contributed by atoms with Crippen LogP contribution >= 0.6 is 0 Å². The number of fused-ring (bicyclic) bond motifs is 2. The van der Waals surface area contributed by atoms with Gasteiger partial charge in [0.2, 0.25) is 0 Å². The fraction of sp³-hybridized carbons (Fsp3) is 0.304. The van der Waals surface area contributed by atoms with E-state index in [2.05, 4.69) is 15.5 Å². The smallest absolute Gasteiger partial charge is 0.256 e. The monoisotopic (exact) mass is 416 g/mol. The van der Waals surface area contributed by atoms with E-state index in [1.54, 1.807) is 7.11 Å². The Morgan fingerprint density at radius 3 is 3.00 bits per heavy atom. The molecule has 1 amide bonds. The SMILES string of the molecule is COc1ccc2nc([C@@H]3C[C@H]4CC4N3C(=O)c3cc(C)ccc3N/N=C\C=N)[nH]c2c1. The average Bonchev–Trinajstić information content (AvgIpc) is 3.24. The number of aromatic amines is 1. The second kappa shape index (κ2) is 7.54. The van der Waals surface area contributed by atoms with Crippen molar-refractivity contribution in [2.24, 2.45) is 11.0 Å². The number of rotatable bonds is 6. The van der Waals surface area contributed by atoms with Gasteiger partial charge < -0.3 is 20.0 Å². The first-order valence-corrected chi connectivity index (χ1v) is 10.3. The van der Waals surface area contributed by atoms with Crippen LogP contribution < -0.4 is 10.2 Å². The number of piperidine rings is 1. The molecule has 8 heteroatoms. The molecule has 2 aliphatic rings. The summed E-state index contributed by atoms with van der Waals surface area (Å²) >= 11 is 0. The molecule has 1 aliphatic carbocycles. The van der Waals surface area contributed by atoms with Crippen LogP contribution in [0.3, 0.4) is 0 Å². The number of nitrogens with one attached hydrogen (secondary N) is 3. The number of ether oxygens (including phenoxy) is 1. The quantitative estimate of drug-likeness (QED) is 0.418. The zero-order chi connectivity index (χ0) is 21.5. The number of hydrogen-bond acceptors (Lipinski definition) is 6. The van der Waals surface area contributed by atoms with Gasteiger partial charge in [-0.2, -0.15) is 5.10 Å². The molecule has 2 aromatic carbocycles. The Bertz CT molecular complexity index is 1200. The first-order chi connectivity index (χ1) is 15.1. The second-order valence-electron chi connectivity index (χ2n) is 8.14. The first-order valence-electron chi connectivity index (χ1n) is 10.3. The number of anilines is 1. The molecule has 3 atom stereocenters. The lowest BCUT2D eigenvalue weighted by atomic mass is 10.1. The van der Waals surface area contributed by atoms with Crippen LogP contribution in [0.5, 0.6) is 5.75 Å². The summed E-state index contributed by atoms with van der Waals surface area (Å²) in [4.78, 5) is 23.9. The molecule has 8 nitrogen and oxygen atoms in total. The molecule has 1 saturated carbocycles. The fourth-order valence-electron chi connectivity index (χ4n) is 4.50. The highest BCUT2D eigenvalue weighted by molar-refractivity contribution is 6.14. The Balaban J connectivity index is 1.49. The molecule has 0 spiro atoms. The molecule has 1 saturated heterocycles. The molecule has 2 fully saturated rings. The number of carbonyl (C=O) groups excluding carboxylic acids is 1. The molecule has 158 valence electrons. The van der Waals surface area contributed by atoms with Crippen molar-refractivity contribution < 1.29 is 9.53 Å². The van der Waals surface area contributed by atoms with Gasteiger partial charge in [-0.15, -0.1) is 0 Å². The van der Waals surface area contributed by atoms with E-state index in [0.29, 0.717) is 17.2 Å². The van der Waals surface area contributed by atoms with Crippen LogP contribution in [-0.2, 0) is 0 Å². The van der Waals surface area contributed by atoms with E-state index < -0.39 is 0 Å². The number of amides is 1. The molecule has 5 rings (SSSR count).